The van der Waals surface area contributed by atoms with Gasteiger partial charge in [-0.25, -0.2) is 0 Å². The highest BCUT2D eigenvalue weighted by molar-refractivity contribution is 9.10. The fourth-order valence-electron chi connectivity index (χ4n) is 1.86. The van der Waals surface area contributed by atoms with Crippen LogP contribution >= 0.6 is 15.9 Å². The summed E-state index contributed by atoms with van der Waals surface area (Å²) < 4.78 is 6.43. The topological polar surface area (TPSA) is 35.2 Å². The molecule has 2 N–H and O–H groups in total. The Hall–Kier alpha value is -1.32. The standard InChI is InChI=1S/C15H16BrNO/c1-2-18-12-8-9-13(14(16)10-12)15(17)11-6-4-3-5-7-11/h3-10,15H,2,17H2,1H3. The van der Waals surface area contributed by atoms with E-state index in [1.807, 2.05) is 55.5 Å². The van der Waals surface area contributed by atoms with Gasteiger partial charge in [-0.05, 0) is 30.2 Å². The van der Waals surface area contributed by atoms with Crippen LogP contribution in [-0.2, 0) is 0 Å². The molecule has 0 aliphatic rings. The average molecular weight is 306 g/mol. The van der Waals surface area contributed by atoms with Gasteiger partial charge in [0.15, 0.2) is 0 Å². The Bertz CT molecular complexity index is 513. The van der Waals surface area contributed by atoms with Crippen LogP contribution in [0.4, 0.5) is 0 Å². The van der Waals surface area contributed by atoms with Crippen LogP contribution in [0.25, 0.3) is 0 Å². The molecule has 0 aliphatic heterocycles. The lowest BCUT2D eigenvalue weighted by Crippen LogP contribution is -2.12. The Morgan fingerprint density at radius 1 is 1.17 bits per heavy atom. The number of nitrogens with two attached hydrogens (primary N) is 1. The molecular formula is C15H16BrNO. The van der Waals surface area contributed by atoms with Crippen molar-refractivity contribution >= 4 is 15.9 Å². The maximum absolute atomic E-state index is 6.27. The van der Waals surface area contributed by atoms with Gasteiger partial charge in [0.1, 0.15) is 5.75 Å². The summed E-state index contributed by atoms with van der Waals surface area (Å²) in [6, 6.07) is 15.8. The number of hydrogen-bond acceptors (Lipinski definition) is 2. The monoisotopic (exact) mass is 305 g/mol. The first kappa shape index (κ1) is 13.1. The molecule has 0 saturated heterocycles. The van der Waals surface area contributed by atoms with Gasteiger partial charge in [-0.15, -0.1) is 0 Å². The van der Waals surface area contributed by atoms with E-state index >= 15 is 0 Å². The van der Waals surface area contributed by atoms with Crippen molar-refractivity contribution in [3.8, 4) is 5.75 Å². The van der Waals surface area contributed by atoms with Gasteiger partial charge in [-0.2, -0.15) is 0 Å². The van der Waals surface area contributed by atoms with E-state index < -0.39 is 0 Å². The molecular weight excluding hydrogens is 290 g/mol. The van der Waals surface area contributed by atoms with Gasteiger partial charge in [-0.1, -0.05) is 52.3 Å². The lowest BCUT2D eigenvalue weighted by atomic mass is 10.00. The van der Waals surface area contributed by atoms with E-state index in [0.717, 1.165) is 21.3 Å². The first-order valence-electron chi connectivity index (χ1n) is 5.95. The van der Waals surface area contributed by atoms with Crippen molar-refractivity contribution in [1.29, 1.82) is 0 Å². The zero-order valence-corrected chi connectivity index (χ0v) is 11.9. The number of halogens is 1. The van der Waals surface area contributed by atoms with Crippen LogP contribution in [0, 0.1) is 0 Å². The molecule has 0 fully saturated rings. The van der Waals surface area contributed by atoms with Gasteiger partial charge in [0.25, 0.3) is 0 Å². The molecule has 1 atom stereocenters. The molecule has 0 aromatic heterocycles. The first-order chi connectivity index (χ1) is 8.72. The van der Waals surface area contributed by atoms with Gasteiger partial charge < -0.3 is 10.5 Å². The summed E-state index contributed by atoms with van der Waals surface area (Å²) in [7, 11) is 0. The molecule has 0 radical (unpaired) electrons. The van der Waals surface area contributed by atoms with Gasteiger partial charge in [-0.3, -0.25) is 0 Å². The zero-order chi connectivity index (χ0) is 13.0. The van der Waals surface area contributed by atoms with Gasteiger partial charge in [0.2, 0.25) is 0 Å². The van der Waals surface area contributed by atoms with Crippen LogP contribution in [0.5, 0.6) is 5.75 Å². The van der Waals surface area contributed by atoms with E-state index in [1.165, 1.54) is 0 Å². The molecule has 0 amide bonds. The van der Waals surface area contributed by atoms with E-state index in [4.69, 9.17) is 10.5 Å². The molecule has 0 saturated carbocycles. The molecule has 3 heteroatoms. The molecule has 0 heterocycles. The summed E-state index contributed by atoms with van der Waals surface area (Å²) in [5.74, 6) is 0.855. The third kappa shape index (κ3) is 2.92. The summed E-state index contributed by atoms with van der Waals surface area (Å²) >= 11 is 3.56. The van der Waals surface area contributed by atoms with Gasteiger partial charge in [0.05, 0.1) is 12.6 Å². The fourth-order valence-corrected chi connectivity index (χ4v) is 2.46. The minimum Gasteiger partial charge on any atom is -0.494 e. The minimum absolute atomic E-state index is 0.128. The number of ether oxygens (including phenoxy) is 1. The molecule has 18 heavy (non-hydrogen) atoms. The molecule has 2 aromatic carbocycles. The molecule has 0 bridgehead atoms. The smallest absolute Gasteiger partial charge is 0.120 e. The second-order valence-electron chi connectivity index (χ2n) is 4.00. The van der Waals surface area contributed by atoms with Crippen LogP contribution in [0.1, 0.15) is 24.1 Å². The minimum atomic E-state index is -0.128. The molecule has 1 unspecified atom stereocenters. The quantitative estimate of drug-likeness (QED) is 0.930. The third-order valence-electron chi connectivity index (χ3n) is 2.78. The van der Waals surface area contributed by atoms with Gasteiger partial charge >= 0.3 is 0 Å². The summed E-state index contributed by atoms with van der Waals surface area (Å²) in [5, 5.41) is 0. The Morgan fingerprint density at radius 2 is 1.89 bits per heavy atom. The first-order valence-corrected chi connectivity index (χ1v) is 6.74. The maximum Gasteiger partial charge on any atom is 0.120 e. The van der Waals surface area contributed by atoms with Crippen molar-refractivity contribution in [2.45, 2.75) is 13.0 Å². The molecule has 2 rings (SSSR count). The normalized spacial score (nSPS) is 12.2. The second-order valence-corrected chi connectivity index (χ2v) is 4.86. The van der Waals surface area contributed by atoms with Gasteiger partial charge in [0, 0.05) is 4.47 Å². The summed E-state index contributed by atoms with van der Waals surface area (Å²) in [6.07, 6.45) is 0. The number of hydrogen-bond donors (Lipinski definition) is 1. The van der Waals surface area contributed by atoms with Crippen molar-refractivity contribution in [2.75, 3.05) is 6.61 Å². The van der Waals surface area contributed by atoms with Crippen molar-refractivity contribution < 1.29 is 4.74 Å². The van der Waals surface area contributed by atoms with Crippen molar-refractivity contribution in [2.24, 2.45) is 5.73 Å². The Kier molecular flexibility index (Phi) is 4.39. The SMILES string of the molecule is CCOc1ccc(C(N)c2ccccc2)c(Br)c1. The Balaban J connectivity index is 2.28. The Morgan fingerprint density at radius 3 is 2.50 bits per heavy atom. The molecule has 2 aromatic rings. The van der Waals surface area contributed by atoms with Crippen LogP contribution < -0.4 is 10.5 Å². The highest BCUT2D eigenvalue weighted by Crippen LogP contribution is 2.30. The maximum atomic E-state index is 6.27. The predicted molar refractivity (Wildman–Crippen MR) is 77.8 cm³/mol. The zero-order valence-electron chi connectivity index (χ0n) is 10.3. The van der Waals surface area contributed by atoms with Crippen LogP contribution in [0.15, 0.2) is 53.0 Å². The molecule has 0 spiro atoms. The molecule has 0 aliphatic carbocycles. The van der Waals surface area contributed by atoms with Crippen LogP contribution in [0.3, 0.4) is 0 Å². The van der Waals surface area contributed by atoms with Crippen molar-refractivity contribution in [3.63, 3.8) is 0 Å². The predicted octanol–water partition coefficient (Wildman–Crippen LogP) is 3.90. The molecule has 2 nitrogen and oxygen atoms in total. The highest BCUT2D eigenvalue weighted by Gasteiger charge is 2.12. The van der Waals surface area contributed by atoms with Crippen LogP contribution in [-0.4, -0.2) is 6.61 Å². The fraction of sp³-hybridized carbons (Fsp3) is 0.200. The largest absolute Gasteiger partial charge is 0.494 e. The summed E-state index contributed by atoms with van der Waals surface area (Å²) in [4.78, 5) is 0. The van der Waals surface area contributed by atoms with Crippen molar-refractivity contribution in [3.05, 3.63) is 64.1 Å². The molecule has 94 valence electrons. The van der Waals surface area contributed by atoms with Crippen LogP contribution in [0.2, 0.25) is 0 Å². The van der Waals surface area contributed by atoms with E-state index in [2.05, 4.69) is 15.9 Å². The summed E-state index contributed by atoms with van der Waals surface area (Å²) in [5.41, 5.74) is 8.43. The van der Waals surface area contributed by atoms with E-state index in [1.54, 1.807) is 0 Å². The lowest BCUT2D eigenvalue weighted by Gasteiger charge is -2.15. The van der Waals surface area contributed by atoms with Crippen molar-refractivity contribution in [1.82, 2.24) is 0 Å². The third-order valence-corrected chi connectivity index (χ3v) is 3.46. The summed E-state index contributed by atoms with van der Waals surface area (Å²) in [6.45, 7) is 2.63. The van der Waals surface area contributed by atoms with E-state index in [0.29, 0.717) is 6.61 Å². The lowest BCUT2D eigenvalue weighted by molar-refractivity contribution is 0.340. The highest BCUT2D eigenvalue weighted by atomic mass is 79.9. The average Bonchev–Trinajstić information content (AvgIpc) is 2.40. The van der Waals surface area contributed by atoms with E-state index in [9.17, 15) is 0 Å². The number of rotatable bonds is 4. The van der Waals surface area contributed by atoms with E-state index in [-0.39, 0.29) is 6.04 Å². The Labute approximate surface area is 116 Å². The second kappa shape index (κ2) is 6.03. The number of benzene rings is 2.